The van der Waals surface area contributed by atoms with Crippen LogP contribution in [0.15, 0.2) is 23.8 Å². The van der Waals surface area contributed by atoms with Gasteiger partial charge in [0.05, 0.1) is 0 Å². The molecule has 1 heteroatoms. The van der Waals surface area contributed by atoms with Crippen LogP contribution in [-0.2, 0) is 0 Å². The monoisotopic (exact) mass is 151 g/mol. The van der Waals surface area contributed by atoms with Crippen molar-refractivity contribution in [2.75, 3.05) is 6.54 Å². The first-order valence-corrected chi connectivity index (χ1v) is 4.29. The lowest BCUT2D eigenvalue weighted by molar-refractivity contribution is 0.516. The third kappa shape index (κ3) is 2.51. The Kier molecular flexibility index (Phi) is 2.89. The highest BCUT2D eigenvalue weighted by molar-refractivity contribution is 5.23. The lowest BCUT2D eigenvalue weighted by atomic mass is 9.97. The maximum atomic E-state index is 3.88. The van der Waals surface area contributed by atoms with E-state index < -0.39 is 0 Å². The summed E-state index contributed by atoms with van der Waals surface area (Å²) in [7, 11) is 0. The largest absolute Gasteiger partial charge is 0.311 e. The van der Waals surface area contributed by atoms with Crippen molar-refractivity contribution >= 4 is 0 Å². The number of piperidine rings is 1. The van der Waals surface area contributed by atoms with Crippen LogP contribution in [0.1, 0.15) is 26.7 Å². The van der Waals surface area contributed by atoms with Gasteiger partial charge in [0.2, 0.25) is 0 Å². The predicted octanol–water partition coefficient (Wildman–Crippen LogP) is 2.26. The minimum atomic E-state index is 0.556. The Morgan fingerprint density at radius 1 is 1.73 bits per heavy atom. The van der Waals surface area contributed by atoms with Crippen molar-refractivity contribution in [1.82, 2.24) is 5.32 Å². The van der Waals surface area contributed by atoms with Crippen LogP contribution in [0, 0.1) is 0 Å². The van der Waals surface area contributed by atoms with E-state index in [2.05, 4.69) is 24.9 Å². The molecule has 0 aliphatic carbocycles. The molecule has 1 nitrogen and oxygen atoms in total. The highest BCUT2D eigenvalue weighted by Gasteiger charge is 2.11. The molecule has 1 fully saturated rings. The van der Waals surface area contributed by atoms with Gasteiger partial charge >= 0.3 is 0 Å². The van der Waals surface area contributed by atoms with Gasteiger partial charge in [0.15, 0.2) is 0 Å². The quantitative estimate of drug-likeness (QED) is 0.606. The minimum absolute atomic E-state index is 0.556. The van der Waals surface area contributed by atoms with Gasteiger partial charge in [-0.1, -0.05) is 23.8 Å². The average Bonchev–Trinajstić information content (AvgIpc) is 1.93. The van der Waals surface area contributed by atoms with E-state index in [0.29, 0.717) is 6.04 Å². The van der Waals surface area contributed by atoms with Crippen LogP contribution in [0.5, 0.6) is 0 Å². The van der Waals surface area contributed by atoms with Crippen molar-refractivity contribution in [3.8, 4) is 0 Å². The molecule has 0 saturated carbocycles. The van der Waals surface area contributed by atoms with E-state index in [1.165, 1.54) is 18.4 Å². The molecule has 1 unspecified atom stereocenters. The molecule has 0 bridgehead atoms. The fourth-order valence-corrected chi connectivity index (χ4v) is 1.47. The lowest BCUT2D eigenvalue weighted by Gasteiger charge is -2.23. The SMILES string of the molecule is C=C(C)/C=C1/CCCNC1C. The molecule has 1 rings (SSSR count). The smallest absolute Gasteiger partial charge is 0.0254 e. The van der Waals surface area contributed by atoms with E-state index in [4.69, 9.17) is 0 Å². The highest BCUT2D eigenvalue weighted by Crippen LogP contribution is 2.16. The zero-order chi connectivity index (χ0) is 8.27. The molecule has 1 heterocycles. The third-order valence-electron chi connectivity index (χ3n) is 2.08. The Hall–Kier alpha value is -0.560. The molecule has 1 aliphatic rings. The van der Waals surface area contributed by atoms with Crippen molar-refractivity contribution < 1.29 is 0 Å². The molecule has 0 aromatic heterocycles. The molecule has 0 aromatic carbocycles. The number of allylic oxidation sites excluding steroid dienone is 2. The maximum absolute atomic E-state index is 3.88. The van der Waals surface area contributed by atoms with Crippen LogP contribution in [-0.4, -0.2) is 12.6 Å². The molecule has 11 heavy (non-hydrogen) atoms. The van der Waals surface area contributed by atoms with E-state index in [-0.39, 0.29) is 0 Å². The third-order valence-corrected chi connectivity index (χ3v) is 2.08. The van der Waals surface area contributed by atoms with Crippen molar-refractivity contribution in [1.29, 1.82) is 0 Å². The molecule has 0 amide bonds. The van der Waals surface area contributed by atoms with Gasteiger partial charge in [-0.25, -0.2) is 0 Å². The zero-order valence-electron chi connectivity index (χ0n) is 7.48. The first kappa shape index (κ1) is 8.54. The van der Waals surface area contributed by atoms with E-state index in [9.17, 15) is 0 Å². The van der Waals surface area contributed by atoms with Crippen LogP contribution in [0.3, 0.4) is 0 Å². The summed E-state index contributed by atoms with van der Waals surface area (Å²) >= 11 is 0. The van der Waals surface area contributed by atoms with Crippen molar-refractivity contribution in [2.24, 2.45) is 0 Å². The Morgan fingerprint density at radius 2 is 2.45 bits per heavy atom. The highest BCUT2D eigenvalue weighted by atomic mass is 14.9. The average molecular weight is 151 g/mol. The summed E-state index contributed by atoms with van der Waals surface area (Å²) < 4.78 is 0. The van der Waals surface area contributed by atoms with Gasteiger partial charge < -0.3 is 5.32 Å². The summed E-state index contributed by atoms with van der Waals surface area (Å²) in [5.74, 6) is 0. The fourth-order valence-electron chi connectivity index (χ4n) is 1.47. The van der Waals surface area contributed by atoms with Crippen LogP contribution < -0.4 is 5.32 Å². The first-order valence-electron chi connectivity index (χ1n) is 4.29. The molecule has 1 N–H and O–H groups in total. The first-order chi connectivity index (χ1) is 5.20. The Morgan fingerprint density at radius 3 is 3.00 bits per heavy atom. The molecule has 0 spiro atoms. The Labute approximate surface area is 69.2 Å². The zero-order valence-corrected chi connectivity index (χ0v) is 7.48. The summed E-state index contributed by atoms with van der Waals surface area (Å²) in [6.07, 6.45) is 4.71. The van der Waals surface area contributed by atoms with Crippen LogP contribution in [0.4, 0.5) is 0 Å². The van der Waals surface area contributed by atoms with Gasteiger partial charge in [-0.2, -0.15) is 0 Å². The van der Waals surface area contributed by atoms with Gasteiger partial charge in [0.1, 0.15) is 0 Å². The van der Waals surface area contributed by atoms with Crippen molar-refractivity contribution in [2.45, 2.75) is 32.7 Å². The standard InChI is InChI=1S/C10H17N/c1-8(2)7-10-5-4-6-11-9(10)3/h7,9,11H,1,4-6H2,2-3H3/b10-7-. The normalized spacial score (nSPS) is 28.9. The molecule has 0 aromatic rings. The Balaban J connectivity index is 2.60. The van der Waals surface area contributed by atoms with Crippen molar-refractivity contribution in [3.05, 3.63) is 23.8 Å². The number of nitrogens with one attached hydrogen (secondary N) is 1. The van der Waals surface area contributed by atoms with Gasteiger partial charge in [-0.05, 0) is 33.2 Å². The van der Waals surface area contributed by atoms with E-state index in [1.807, 2.05) is 6.92 Å². The van der Waals surface area contributed by atoms with Gasteiger partial charge in [-0.15, -0.1) is 0 Å². The van der Waals surface area contributed by atoms with Crippen LogP contribution in [0.2, 0.25) is 0 Å². The molecule has 62 valence electrons. The van der Waals surface area contributed by atoms with E-state index in [0.717, 1.165) is 12.1 Å². The minimum Gasteiger partial charge on any atom is -0.311 e. The number of rotatable bonds is 1. The predicted molar refractivity (Wildman–Crippen MR) is 49.6 cm³/mol. The maximum Gasteiger partial charge on any atom is 0.0254 e. The summed E-state index contributed by atoms with van der Waals surface area (Å²) in [6.45, 7) is 9.31. The van der Waals surface area contributed by atoms with Gasteiger partial charge in [-0.3, -0.25) is 0 Å². The molecular weight excluding hydrogens is 134 g/mol. The summed E-state index contributed by atoms with van der Waals surface area (Å²) in [5, 5.41) is 3.43. The molecular formula is C10H17N. The molecule has 1 saturated heterocycles. The summed E-state index contributed by atoms with van der Waals surface area (Å²) in [5.41, 5.74) is 2.67. The van der Waals surface area contributed by atoms with Gasteiger partial charge in [0.25, 0.3) is 0 Å². The van der Waals surface area contributed by atoms with E-state index in [1.54, 1.807) is 0 Å². The van der Waals surface area contributed by atoms with Crippen LogP contribution >= 0.6 is 0 Å². The molecule has 1 atom stereocenters. The van der Waals surface area contributed by atoms with E-state index >= 15 is 0 Å². The second kappa shape index (κ2) is 3.72. The van der Waals surface area contributed by atoms with Crippen molar-refractivity contribution in [3.63, 3.8) is 0 Å². The second-order valence-electron chi connectivity index (χ2n) is 3.34. The summed E-state index contributed by atoms with van der Waals surface area (Å²) in [6, 6.07) is 0.556. The molecule has 0 radical (unpaired) electrons. The van der Waals surface area contributed by atoms with Gasteiger partial charge in [0, 0.05) is 6.04 Å². The summed E-state index contributed by atoms with van der Waals surface area (Å²) in [4.78, 5) is 0. The lowest BCUT2D eigenvalue weighted by Crippen LogP contribution is -2.33. The molecule has 1 aliphatic heterocycles. The Bertz CT molecular complexity index is 179. The fraction of sp³-hybridized carbons (Fsp3) is 0.600. The topological polar surface area (TPSA) is 12.0 Å². The number of hydrogen-bond acceptors (Lipinski definition) is 1. The number of hydrogen-bond donors (Lipinski definition) is 1. The second-order valence-corrected chi connectivity index (χ2v) is 3.34. The van der Waals surface area contributed by atoms with Crippen LogP contribution in [0.25, 0.3) is 0 Å².